The summed E-state index contributed by atoms with van der Waals surface area (Å²) in [6.45, 7) is 5.95. The molecule has 0 aliphatic heterocycles. The molecule has 144 valence electrons. The maximum Gasteiger partial charge on any atom is 0.257 e. The highest BCUT2D eigenvalue weighted by molar-refractivity contribution is 6.10. The number of aromatic nitrogens is 3. The average Bonchev–Trinajstić information content (AvgIpc) is 2.99. The van der Waals surface area contributed by atoms with E-state index in [0.717, 1.165) is 11.1 Å². The van der Waals surface area contributed by atoms with Crippen molar-refractivity contribution in [1.29, 1.82) is 0 Å². The van der Waals surface area contributed by atoms with Gasteiger partial charge in [0.2, 0.25) is 0 Å². The third-order valence-corrected chi connectivity index (χ3v) is 4.47. The second-order valence-corrected chi connectivity index (χ2v) is 6.61. The number of hydrogen-bond acceptors (Lipinski definition) is 5. The van der Waals surface area contributed by atoms with Crippen LogP contribution < -0.4 is 11.1 Å². The van der Waals surface area contributed by atoms with E-state index < -0.39 is 0 Å². The first kappa shape index (κ1) is 18.4. The number of carbonyl (C=O) groups is 1. The Morgan fingerprint density at radius 3 is 2.69 bits per heavy atom. The number of amides is 1. The topological polar surface area (TPSA) is 98.2 Å². The Kier molecular flexibility index (Phi) is 4.78. The zero-order valence-corrected chi connectivity index (χ0v) is 16.0. The van der Waals surface area contributed by atoms with Gasteiger partial charge < -0.3 is 11.1 Å². The van der Waals surface area contributed by atoms with Crippen LogP contribution in [0.4, 0.5) is 5.82 Å². The standard InChI is InChI=1S/C22H20N6O/c1-3-11-24-22(29)18-19-21(27-17-10-5-4-9-16(17)26-19)28(20(18)23)25-13-15-8-6-7-14(2)12-15/h3-10,12-13H,1,11,23H2,2H3,(H,24,29). The Bertz CT molecular complexity index is 1270. The normalized spacial score (nSPS) is 11.3. The Labute approximate surface area is 167 Å². The van der Waals surface area contributed by atoms with E-state index in [1.807, 2.05) is 55.5 Å². The van der Waals surface area contributed by atoms with Crippen LogP contribution in [0.25, 0.3) is 22.2 Å². The van der Waals surface area contributed by atoms with Crippen LogP contribution in [0.15, 0.2) is 66.3 Å². The lowest BCUT2D eigenvalue weighted by Crippen LogP contribution is -2.24. The van der Waals surface area contributed by atoms with E-state index in [1.54, 1.807) is 12.3 Å². The zero-order valence-electron chi connectivity index (χ0n) is 16.0. The molecule has 7 nitrogen and oxygen atoms in total. The van der Waals surface area contributed by atoms with E-state index in [1.165, 1.54) is 4.68 Å². The van der Waals surface area contributed by atoms with Gasteiger partial charge in [0.1, 0.15) is 16.9 Å². The van der Waals surface area contributed by atoms with Crippen LogP contribution >= 0.6 is 0 Å². The molecule has 0 aliphatic carbocycles. The zero-order chi connectivity index (χ0) is 20.4. The second kappa shape index (κ2) is 7.55. The number of rotatable bonds is 5. The number of anilines is 1. The van der Waals surface area contributed by atoms with Crippen molar-refractivity contribution in [3.05, 3.63) is 77.9 Å². The predicted octanol–water partition coefficient (Wildman–Crippen LogP) is 3.27. The van der Waals surface area contributed by atoms with Crippen LogP contribution in [0.5, 0.6) is 0 Å². The van der Waals surface area contributed by atoms with Gasteiger partial charge in [-0.05, 0) is 24.6 Å². The number of nitrogens with two attached hydrogens (primary N) is 1. The monoisotopic (exact) mass is 384 g/mol. The van der Waals surface area contributed by atoms with Crippen LogP contribution in [0.3, 0.4) is 0 Å². The molecular formula is C22H20N6O. The molecule has 0 radical (unpaired) electrons. The molecule has 4 aromatic rings. The molecular weight excluding hydrogens is 364 g/mol. The van der Waals surface area contributed by atoms with E-state index in [2.05, 4.69) is 27.0 Å². The first-order valence-corrected chi connectivity index (χ1v) is 9.15. The Balaban J connectivity index is 1.92. The first-order chi connectivity index (χ1) is 14.1. The summed E-state index contributed by atoms with van der Waals surface area (Å²) in [7, 11) is 0. The van der Waals surface area contributed by atoms with Crippen LogP contribution in [0.1, 0.15) is 21.5 Å². The fraction of sp³-hybridized carbons (Fsp3) is 0.0909. The maximum absolute atomic E-state index is 12.7. The molecule has 2 heterocycles. The number of para-hydroxylation sites is 2. The molecule has 0 bridgehead atoms. The van der Waals surface area contributed by atoms with Crippen LogP contribution in [-0.4, -0.2) is 33.3 Å². The number of aryl methyl sites for hydroxylation is 1. The minimum Gasteiger partial charge on any atom is -0.383 e. The van der Waals surface area contributed by atoms with Gasteiger partial charge in [-0.25, -0.2) is 9.97 Å². The van der Waals surface area contributed by atoms with E-state index in [9.17, 15) is 4.79 Å². The fourth-order valence-corrected chi connectivity index (χ4v) is 3.12. The largest absolute Gasteiger partial charge is 0.383 e. The molecule has 4 rings (SSSR count). The van der Waals surface area contributed by atoms with Gasteiger partial charge in [0.25, 0.3) is 5.91 Å². The van der Waals surface area contributed by atoms with Crippen molar-refractivity contribution >= 4 is 40.1 Å². The number of hydrogen-bond donors (Lipinski definition) is 2. The maximum atomic E-state index is 12.7. The van der Waals surface area contributed by atoms with Gasteiger partial charge in [-0.15, -0.1) is 6.58 Å². The smallest absolute Gasteiger partial charge is 0.257 e. The Morgan fingerprint density at radius 2 is 1.97 bits per heavy atom. The predicted molar refractivity (Wildman–Crippen MR) is 116 cm³/mol. The molecule has 0 fully saturated rings. The molecule has 0 saturated carbocycles. The summed E-state index contributed by atoms with van der Waals surface area (Å²) in [5.41, 5.74) is 10.8. The van der Waals surface area contributed by atoms with Gasteiger partial charge in [-0.1, -0.05) is 48.0 Å². The van der Waals surface area contributed by atoms with E-state index in [-0.39, 0.29) is 17.3 Å². The van der Waals surface area contributed by atoms with E-state index in [0.29, 0.717) is 28.7 Å². The average molecular weight is 384 g/mol. The summed E-state index contributed by atoms with van der Waals surface area (Å²) in [5, 5.41) is 7.25. The van der Waals surface area contributed by atoms with Gasteiger partial charge >= 0.3 is 0 Å². The lowest BCUT2D eigenvalue weighted by Gasteiger charge is -2.02. The SMILES string of the molecule is C=CCNC(=O)c1c(N)n(N=Cc2cccc(C)c2)c2nc3ccccc3nc12. The van der Waals surface area contributed by atoms with Crippen molar-refractivity contribution < 1.29 is 4.79 Å². The molecule has 29 heavy (non-hydrogen) atoms. The molecule has 2 aromatic carbocycles. The number of nitrogen functional groups attached to an aromatic ring is 1. The summed E-state index contributed by atoms with van der Waals surface area (Å²) in [5.74, 6) is -0.165. The number of carbonyl (C=O) groups excluding carboxylic acids is 1. The highest BCUT2D eigenvalue weighted by Gasteiger charge is 2.23. The lowest BCUT2D eigenvalue weighted by atomic mass is 10.2. The van der Waals surface area contributed by atoms with Gasteiger partial charge in [0.15, 0.2) is 5.65 Å². The molecule has 1 amide bonds. The minimum absolute atomic E-state index is 0.181. The number of fused-ring (bicyclic) bond motifs is 2. The molecule has 0 aliphatic rings. The highest BCUT2D eigenvalue weighted by Crippen LogP contribution is 2.27. The van der Waals surface area contributed by atoms with Gasteiger partial charge in [-0.3, -0.25) is 4.79 Å². The number of nitrogens with one attached hydrogen (secondary N) is 1. The van der Waals surface area contributed by atoms with Gasteiger partial charge in [0, 0.05) is 6.54 Å². The summed E-state index contributed by atoms with van der Waals surface area (Å²) < 4.78 is 1.46. The fourth-order valence-electron chi connectivity index (χ4n) is 3.12. The van der Waals surface area contributed by atoms with Crippen molar-refractivity contribution in [1.82, 2.24) is 20.0 Å². The molecule has 2 aromatic heterocycles. The van der Waals surface area contributed by atoms with Crippen molar-refractivity contribution in [2.75, 3.05) is 12.3 Å². The van der Waals surface area contributed by atoms with E-state index in [4.69, 9.17) is 5.73 Å². The third kappa shape index (κ3) is 3.45. The summed E-state index contributed by atoms with van der Waals surface area (Å²) in [6.07, 6.45) is 3.29. The number of nitrogens with zero attached hydrogens (tertiary/aromatic N) is 4. The van der Waals surface area contributed by atoms with Gasteiger partial charge in [0.05, 0.1) is 17.2 Å². The van der Waals surface area contributed by atoms with Crippen molar-refractivity contribution in [3.8, 4) is 0 Å². The lowest BCUT2D eigenvalue weighted by molar-refractivity contribution is 0.0960. The van der Waals surface area contributed by atoms with E-state index >= 15 is 0 Å². The highest BCUT2D eigenvalue weighted by atomic mass is 16.1. The minimum atomic E-state index is -0.346. The Morgan fingerprint density at radius 1 is 1.21 bits per heavy atom. The van der Waals surface area contributed by atoms with Crippen molar-refractivity contribution in [2.24, 2.45) is 5.10 Å². The molecule has 0 atom stereocenters. The van der Waals surface area contributed by atoms with Crippen LogP contribution in [-0.2, 0) is 0 Å². The van der Waals surface area contributed by atoms with Crippen molar-refractivity contribution in [3.63, 3.8) is 0 Å². The summed E-state index contributed by atoms with van der Waals surface area (Å²) >= 11 is 0. The molecule has 7 heteroatoms. The first-order valence-electron chi connectivity index (χ1n) is 9.15. The Hall–Kier alpha value is -4.00. The molecule has 0 spiro atoms. The van der Waals surface area contributed by atoms with Crippen molar-refractivity contribution in [2.45, 2.75) is 6.92 Å². The third-order valence-electron chi connectivity index (χ3n) is 4.47. The van der Waals surface area contributed by atoms with Crippen LogP contribution in [0.2, 0.25) is 0 Å². The summed E-state index contributed by atoms with van der Waals surface area (Å²) in [6, 6.07) is 15.4. The summed E-state index contributed by atoms with van der Waals surface area (Å²) in [4.78, 5) is 22.0. The van der Waals surface area contributed by atoms with Gasteiger partial charge in [-0.2, -0.15) is 9.78 Å². The molecule has 0 saturated heterocycles. The molecule has 3 N–H and O–H groups in total. The molecule has 0 unspecified atom stereocenters. The van der Waals surface area contributed by atoms with Crippen LogP contribution in [0, 0.1) is 6.92 Å². The quantitative estimate of drug-likeness (QED) is 0.407. The second-order valence-electron chi connectivity index (χ2n) is 6.61. The number of benzene rings is 2.